The number of nitrogens with zero attached hydrogens (tertiary/aromatic N) is 2. The van der Waals surface area contributed by atoms with Gasteiger partial charge >= 0.3 is 0 Å². The summed E-state index contributed by atoms with van der Waals surface area (Å²) >= 11 is 1.61. The van der Waals surface area contributed by atoms with Gasteiger partial charge in [0.15, 0.2) is 5.13 Å². The fourth-order valence-corrected chi connectivity index (χ4v) is 1.69. The highest BCUT2D eigenvalue weighted by Gasteiger charge is 2.10. The number of aromatic nitrogens is 1. The Morgan fingerprint density at radius 1 is 1.75 bits per heavy atom. The molecule has 1 aromatic heterocycles. The minimum Gasteiger partial charge on any atom is -0.394 e. The summed E-state index contributed by atoms with van der Waals surface area (Å²) in [7, 11) is 1.94. The molecular formula is C8H14N2OS. The van der Waals surface area contributed by atoms with Crippen LogP contribution in [-0.2, 0) is 0 Å². The molecule has 0 saturated carbocycles. The molecule has 0 aromatic carbocycles. The first-order valence-corrected chi connectivity index (χ1v) is 4.79. The molecule has 12 heavy (non-hydrogen) atoms. The summed E-state index contributed by atoms with van der Waals surface area (Å²) < 4.78 is 0. The van der Waals surface area contributed by atoms with E-state index in [1.165, 1.54) is 0 Å². The molecular weight excluding hydrogens is 172 g/mol. The van der Waals surface area contributed by atoms with Crippen LogP contribution in [0.5, 0.6) is 0 Å². The second-order valence-electron chi connectivity index (χ2n) is 2.91. The average Bonchev–Trinajstić information content (AvgIpc) is 2.49. The number of anilines is 1. The van der Waals surface area contributed by atoms with E-state index in [1.807, 2.05) is 31.2 Å². The van der Waals surface area contributed by atoms with Gasteiger partial charge in [-0.05, 0) is 13.8 Å². The SMILES string of the molecule is Cc1csc(N(C)C(C)CO)n1. The molecule has 1 heterocycles. The van der Waals surface area contributed by atoms with Gasteiger partial charge in [0.2, 0.25) is 0 Å². The quantitative estimate of drug-likeness (QED) is 0.772. The number of aryl methyl sites for hydroxylation is 1. The topological polar surface area (TPSA) is 36.4 Å². The minimum atomic E-state index is 0.135. The Labute approximate surface area is 76.7 Å². The van der Waals surface area contributed by atoms with Gasteiger partial charge in [0.25, 0.3) is 0 Å². The Hall–Kier alpha value is -0.610. The van der Waals surface area contributed by atoms with Crippen LogP contribution < -0.4 is 4.90 Å². The van der Waals surface area contributed by atoms with Crippen LogP contribution in [0.15, 0.2) is 5.38 Å². The Kier molecular flexibility index (Phi) is 3.05. The average molecular weight is 186 g/mol. The molecule has 1 aromatic rings. The van der Waals surface area contributed by atoms with Crippen molar-refractivity contribution in [2.45, 2.75) is 19.9 Å². The van der Waals surface area contributed by atoms with Gasteiger partial charge in [0.05, 0.1) is 18.3 Å². The summed E-state index contributed by atoms with van der Waals surface area (Å²) in [6, 6.07) is 0.135. The van der Waals surface area contributed by atoms with Crippen LogP contribution in [0.2, 0.25) is 0 Å². The van der Waals surface area contributed by atoms with Crippen molar-refractivity contribution in [1.82, 2.24) is 4.98 Å². The first-order valence-electron chi connectivity index (χ1n) is 3.91. The summed E-state index contributed by atoms with van der Waals surface area (Å²) in [5, 5.41) is 11.9. The number of hydrogen-bond donors (Lipinski definition) is 1. The van der Waals surface area contributed by atoms with Gasteiger partial charge < -0.3 is 10.0 Å². The number of likely N-dealkylation sites (N-methyl/N-ethyl adjacent to an activating group) is 1. The third-order valence-corrected chi connectivity index (χ3v) is 2.88. The highest BCUT2D eigenvalue weighted by atomic mass is 32.1. The summed E-state index contributed by atoms with van der Waals surface area (Å²) in [5.74, 6) is 0. The highest BCUT2D eigenvalue weighted by Crippen LogP contribution is 2.20. The lowest BCUT2D eigenvalue weighted by Crippen LogP contribution is -2.31. The van der Waals surface area contributed by atoms with Gasteiger partial charge in [-0.25, -0.2) is 4.98 Å². The molecule has 1 atom stereocenters. The van der Waals surface area contributed by atoms with Crippen LogP contribution in [0.4, 0.5) is 5.13 Å². The maximum Gasteiger partial charge on any atom is 0.185 e. The van der Waals surface area contributed by atoms with Crippen molar-refractivity contribution in [2.24, 2.45) is 0 Å². The molecule has 0 fully saturated rings. The van der Waals surface area contributed by atoms with Crippen molar-refractivity contribution < 1.29 is 5.11 Å². The molecule has 4 heteroatoms. The van der Waals surface area contributed by atoms with Crippen LogP contribution in [-0.4, -0.2) is 29.8 Å². The lowest BCUT2D eigenvalue weighted by molar-refractivity contribution is 0.270. The zero-order chi connectivity index (χ0) is 9.14. The fourth-order valence-electron chi connectivity index (χ4n) is 0.815. The lowest BCUT2D eigenvalue weighted by atomic mass is 10.3. The van der Waals surface area contributed by atoms with E-state index in [1.54, 1.807) is 11.3 Å². The normalized spacial score (nSPS) is 13.0. The maximum absolute atomic E-state index is 8.91. The number of rotatable bonds is 3. The molecule has 1 rings (SSSR count). The highest BCUT2D eigenvalue weighted by molar-refractivity contribution is 7.13. The Morgan fingerprint density at radius 2 is 2.42 bits per heavy atom. The maximum atomic E-state index is 8.91. The van der Waals surface area contributed by atoms with Crippen LogP contribution >= 0.6 is 11.3 Å². The molecule has 0 aliphatic carbocycles. The van der Waals surface area contributed by atoms with Crippen molar-refractivity contribution in [1.29, 1.82) is 0 Å². The minimum absolute atomic E-state index is 0.135. The summed E-state index contributed by atoms with van der Waals surface area (Å²) in [6.45, 7) is 4.10. The Morgan fingerprint density at radius 3 is 2.83 bits per heavy atom. The van der Waals surface area contributed by atoms with Crippen LogP contribution in [0, 0.1) is 6.92 Å². The van der Waals surface area contributed by atoms with Crippen molar-refractivity contribution in [3.63, 3.8) is 0 Å². The van der Waals surface area contributed by atoms with Crippen LogP contribution in [0.3, 0.4) is 0 Å². The van der Waals surface area contributed by atoms with Gasteiger partial charge in [0.1, 0.15) is 0 Å². The fraction of sp³-hybridized carbons (Fsp3) is 0.625. The van der Waals surface area contributed by atoms with Gasteiger partial charge in [-0.2, -0.15) is 0 Å². The lowest BCUT2D eigenvalue weighted by Gasteiger charge is -2.21. The molecule has 1 N–H and O–H groups in total. The zero-order valence-corrected chi connectivity index (χ0v) is 8.43. The second kappa shape index (κ2) is 3.87. The Balaban J connectivity index is 2.70. The van der Waals surface area contributed by atoms with E-state index in [9.17, 15) is 0 Å². The second-order valence-corrected chi connectivity index (χ2v) is 3.75. The molecule has 3 nitrogen and oxygen atoms in total. The van der Waals surface area contributed by atoms with E-state index in [0.29, 0.717) is 0 Å². The van der Waals surface area contributed by atoms with Crippen LogP contribution in [0.25, 0.3) is 0 Å². The van der Waals surface area contributed by atoms with Gasteiger partial charge in [-0.1, -0.05) is 0 Å². The van der Waals surface area contributed by atoms with E-state index in [2.05, 4.69) is 4.98 Å². The van der Waals surface area contributed by atoms with Crippen molar-refractivity contribution >= 4 is 16.5 Å². The molecule has 0 saturated heterocycles. The summed E-state index contributed by atoms with van der Waals surface area (Å²) in [6.07, 6.45) is 0. The largest absolute Gasteiger partial charge is 0.394 e. The van der Waals surface area contributed by atoms with E-state index >= 15 is 0 Å². The molecule has 0 aliphatic heterocycles. The monoisotopic (exact) mass is 186 g/mol. The number of hydrogen-bond acceptors (Lipinski definition) is 4. The summed E-state index contributed by atoms with van der Waals surface area (Å²) in [4.78, 5) is 6.30. The first kappa shape index (κ1) is 9.48. The predicted molar refractivity (Wildman–Crippen MR) is 51.8 cm³/mol. The van der Waals surface area contributed by atoms with Gasteiger partial charge in [-0.3, -0.25) is 0 Å². The molecule has 0 bridgehead atoms. The summed E-state index contributed by atoms with van der Waals surface area (Å²) in [5.41, 5.74) is 1.03. The molecule has 0 spiro atoms. The first-order chi connectivity index (χ1) is 5.65. The van der Waals surface area contributed by atoms with Crippen molar-refractivity contribution in [2.75, 3.05) is 18.6 Å². The number of thiazole rings is 1. The third kappa shape index (κ3) is 1.95. The molecule has 0 radical (unpaired) electrons. The van der Waals surface area contributed by atoms with Crippen molar-refractivity contribution in [3.05, 3.63) is 11.1 Å². The molecule has 0 aliphatic rings. The number of aliphatic hydroxyl groups excluding tert-OH is 1. The van der Waals surface area contributed by atoms with E-state index in [4.69, 9.17) is 5.11 Å². The molecule has 0 amide bonds. The zero-order valence-electron chi connectivity index (χ0n) is 7.61. The third-order valence-electron chi connectivity index (χ3n) is 1.83. The number of aliphatic hydroxyl groups is 1. The van der Waals surface area contributed by atoms with E-state index < -0.39 is 0 Å². The molecule has 1 unspecified atom stereocenters. The van der Waals surface area contributed by atoms with E-state index in [0.717, 1.165) is 10.8 Å². The van der Waals surface area contributed by atoms with E-state index in [-0.39, 0.29) is 12.6 Å². The predicted octanol–water partition coefficient (Wildman–Crippen LogP) is 1.27. The van der Waals surface area contributed by atoms with Gasteiger partial charge in [0, 0.05) is 12.4 Å². The standard InChI is InChI=1S/C8H14N2OS/c1-6-5-12-8(9-6)10(3)7(2)4-11/h5,7,11H,4H2,1-3H3. The molecule has 68 valence electrons. The Bertz CT molecular complexity index is 249. The van der Waals surface area contributed by atoms with Crippen molar-refractivity contribution in [3.8, 4) is 0 Å². The smallest absolute Gasteiger partial charge is 0.185 e. The van der Waals surface area contributed by atoms with Gasteiger partial charge in [-0.15, -0.1) is 11.3 Å². The van der Waals surface area contributed by atoms with Crippen LogP contribution in [0.1, 0.15) is 12.6 Å².